The number of hydrogen-bond donors (Lipinski definition) is 0. The first-order valence-corrected chi connectivity index (χ1v) is 11.5. The van der Waals surface area contributed by atoms with E-state index < -0.39 is 17.9 Å². The molecule has 2 aromatic carbocycles. The largest absolute Gasteiger partial charge is 0.493 e. The summed E-state index contributed by atoms with van der Waals surface area (Å²) in [6.07, 6.45) is 0.618. The monoisotopic (exact) mass is 500 g/mol. The Bertz CT molecular complexity index is 1380. The lowest BCUT2D eigenvalue weighted by Gasteiger charge is -2.22. The summed E-state index contributed by atoms with van der Waals surface area (Å²) in [5.74, 6) is -2.52. The van der Waals surface area contributed by atoms with Gasteiger partial charge in [0.25, 0.3) is 0 Å². The normalized spacial score (nSPS) is 15.2. The maximum Gasteiger partial charge on any atom is 0.493 e. The molecular formula is C25H23F3N4O4. The first-order valence-electron chi connectivity index (χ1n) is 11.5. The zero-order valence-electron chi connectivity index (χ0n) is 19.5. The highest BCUT2D eigenvalue weighted by molar-refractivity contribution is 6.18. The number of benzene rings is 2. The van der Waals surface area contributed by atoms with Gasteiger partial charge < -0.3 is 14.1 Å². The summed E-state index contributed by atoms with van der Waals surface area (Å²) in [7, 11) is 0. The van der Waals surface area contributed by atoms with Gasteiger partial charge in [0.15, 0.2) is 5.71 Å². The number of aromatic nitrogens is 1. The number of alkyl halides is 3. The Labute approximate surface area is 204 Å². The van der Waals surface area contributed by atoms with E-state index in [9.17, 15) is 28.1 Å². The van der Waals surface area contributed by atoms with Gasteiger partial charge in [0.1, 0.15) is 11.8 Å². The van der Waals surface area contributed by atoms with Crippen molar-refractivity contribution in [1.82, 2.24) is 4.57 Å². The second-order valence-electron chi connectivity index (χ2n) is 8.64. The summed E-state index contributed by atoms with van der Waals surface area (Å²) in [5, 5.41) is 17.0. The van der Waals surface area contributed by atoms with Gasteiger partial charge in [0.2, 0.25) is 0 Å². The molecule has 1 aromatic heterocycles. The fourth-order valence-electron chi connectivity index (χ4n) is 4.72. The number of carbonyl (C=O) groups is 1. The summed E-state index contributed by atoms with van der Waals surface area (Å²) in [6, 6.07) is 9.93. The lowest BCUT2D eigenvalue weighted by atomic mass is 9.98. The van der Waals surface area contributed by atoms with Gasteiger partial charge in [-0.05, 0) is 60.8 Å². The van der Waals surface area contributed by atoms with E-state index in [0.717, 1.165) is 36.7 Å². The molecule has 36 heavy (non-hydrogen) atoms. The van der Waals surface area contributed by atoms with E-state index in [-0.39, 0.29) is 17.4 Å². The van der Waals surface area contributed by atoms with Gasteiger partial charge in [-0.2, -0.15) is 18.4 Å². The number of nitrogens with zero attached hydrogens (tertiary/aromatic N) is 4. The predicted molar refractivity (Wildman–Crippen MR) is 127 cm³/mol. The third-order valence-electron chi connectivity index (χ3n) is 6.41. The van der Waals surface area contributed by atoms with Crippen molar-refractivity contribution < 1.29 is 27.5 Å². The molecule has 188 valence electrons. The minimum Gasteiger partial charge on any atom is -0.376 e. The van der Waals surface area contributed by atoms with Crippen molar-refractivity contribution in [2.45, 2.75) is 57.9 Å². The number of halogens is 3. The van der Waals surface area contributed by atoms with Crippen molar-refractivity contribution in [2.75, 3.05) is 6.61 Å². The fraction of sp³-hybridized carbons (Fsp3) is 0.400. The third kappa shape index (κ3) is 5.09. The van der Waals surface area contributed by atoms with Crippen LogP contribution in [0, 0.1) is 23.2 Å². The molecule has 11 heteroatoms. The van der Waals surface area contributed by atoms with Crippen molar-refractivity contribution in [3.05, 3.63) is 46.4 Å². The van der Waals surface area contributed by atoms with E-state index in [1.165, 1.54) is 12.5 Å². The standard InChI is InChI=1S/C25H23F3N4O4/c1-15-18(20(14-29)31-36-24(33)25(26,27)28)8-10-22-23(15)19-13-16(30-34)7-9-21(19)32(22)11-12-35-17-5-3-2-4-6-17/h7-10,13,17H,2-6,11-12H2,1H3/b31-20-. The Hall–Kier alpha value is -3.78. The van der Waals surface area contributed by atoms with Gasteiger partial charge in [0, 0.05) is 33.9 Å². The first-order chi connectivity index (χ1) is 17.2. The number of ether oxygens (including phenoxy) is 1. The molecule has 0 atom stereocenters. The summed E-state index contributed by atoms with van der Waals surface area (Å²) in [4.78, 5) is 26.2. The number of nitriles is 1. The number of nitroso groups, excluding NO2 is 1. The third-order valence-corrected chi connectivity index (χ3v) is 6.41. The lowest BCUT2D eigenvalue weighted by Crippen LogP contribution is -2.24. The van der Waals surface area contributed by atoms with Gasteiger partial charge in [-0.15, -0.1) is 4.91 Å². The highest BCUT2D eigenvalue weighted by Gasteiger charge is 2.42. The number of aryl methyl sites for hydroxylation is 1. The molecule has 1 saturated carbocycles. The number of hydrogen-bond acceptors (Lipinski definition) is 7. The van der Waals surface area contributed by atoms with Crippen LogP contribution >= 0.6 is 0 Å². The molecule has 0 N–H and O–H groups in total. The topological polar surface area (TPSA) is 106 Å². The van der Waals surface area contributed by atoms with Crippen LogP contribution in [0.2, 0.25) is 0 Å². The van der Waals surface area contributed by atoms with Crippen LogP contribution in [0.3, 0.4) is 0 Å². The number of fused-ring (bicyclic) bond motifs is 3. The van der Waals surface area contributed by atoms with Crippen LogP contribution in [0.15, 0.2) is 40.7 Å². The number of carbonyl (C=O) groups excluding carboxylic acids is 1. The molecule has 3 aromatic rings. The summed E-state index contributed by atoms with van der Waals surface area (Å²) >= 11 is 0. The smallest absolute Gasteiger partial charge is 0.376 e. The molecule has 4 rings (SSSR count). The zero-order chi connectivity index (χ0) is 25.9. The Morgan fingerprint density at radius 2 is 1.89 bits per heavy atom. The second-order valence-corrected chi connectivity index (χ2v) is 8.64. The van der Waals surface area contributed by atoms with Gasteiger partial charge in [-0.1, -0.05) is 24.4 Å². The van der Waals surface area contributed by atoms with Crippen molar-refractivity contribution in [1.29, 1.82) is 5.26 Å². The summed E-state index contributed by atoms with van der Waals surface area (Å²) in [6.45, 7) is 2.70. The first kappa shape index (κ1) is 25.3. The number of rotatable bonds is 7. The Balaban J connectivity index is 1.75. The van der Waals surface area contributed by atoms with Gasteiger partial charge in [0.05, 0.1) is 12.7 Å². The van der Waals surface area contributed by atoms with Crippen LogP contribution in [0.4, 0.5) is 18.9 Å². The van der Waals surface area contributed by atoms with E-state index in [1.54, 1.807) is 37.3 Å². The molecular weight excluding hydrogens is 477 g/mol. The molecule has 0 saturated heterocycles. The molecule has 0 radical (unpaired) electrons. The Morgan fingerprint density at radius 1 is 1.17 bits per heavy atom. The SMILES string of the molecule is Cc1c(/C(C#N)=N\OC(=O)C(F)(F)F)ccc2c1c1cc(N=O)ccc1n2CCOC1CCCCC1. The lowest BCUT2D eigenvalue weighted by molar-refractivity contribution is -0.199. The van der Waals surface area contributed by atoms with Gasteiger partial charge >= 0.3 is 12.1 Å². The summed E-state index contributed by atoms with van der Waals surface area (Å²) in [5.41, 5.74) is 2.03. The van der Waals surface area contributed by atoms with Crippen LogP contribution in [-0.2, 0) is 20.9 Å². The zero-order valence-corrected chi connectivity index (χ0v) is 19.5. The molecule has 8 nitrogen and oxygen atoms in total. The Morgan fingerprint density at radius 3 is 2.56 bits per heavy atom. The predicted octanol–water partition coefficient (Wildman–Crippen LogP) is 6.18. The maximum atomic E-state index is 12.5. The van der Waals surface area contributed by atoms with E-state index in [2.05, 4.69) is 15.2 Å². The van der Waals surface area contributed by atoms with Crippen molar-refractivity contribution in [3.63, 3.8) is 0 Å². The molecule has 0 bridgehead atoms. The van der Waals surface area contributed by atoms with Gasteiger partial charge in [-0.3, -0.25) is 0 Å². The van der Waals surface area contributed by atoms with Gasteiger partial charge in [-0.25, -0.2) is 4.79 Å². The van der Waals surface area contributed by atoms with Crippen LogP contribution in [0.25, 0.3) is 21.8 Å². The van der Waals surface area contributed by atoms with Crippen molar-refractivity contribution in [3.8, 4) is 6.07 Å². The fourth-order valence-corrected chi connectivity index (χ4v) is 4.72. The molecule has 0 amide bonds. The molecule has 0 unspecified atom stereocenters. The van der Waals surface area contributed by atoms with Crippen molar-refractivity contribution in [2.24, 2.45) is 10.3 Å². The quantitative estimate of drug-likeness (QED) is 0.167. The van der Waals surface area contributed by atoms with Crippen molar-refractivity contribution >= 4 is 39.2 Å². The van der Waals surface area contributed by atoms with Crippen LogP contribution in [-0.4, -0.2) is 35.1 Å². The van der Waals surface area contributed by atoms with Crippen LogP contribution < -0.4 is 0 Å². The molecule has 1 fully saturated rings. The second kappa shape index (κ2) is 10.5. The molecule has 1 aliphatic carbocycles. The molecule has 1 heterocycles. The Kier molecular flexibility index (Phi) is 7.35. The minimum atomic E-state index is -5.24. The number of oxime groups is 1. The molecule has 1 aliphatic rings. The average molecular weight is 500 g/mol. The molecule has 0 aliphatic heterocycles. The summed E-state index contributed by atoms with van der Waals surface area (Å²) < 4.78 is 45.6. The van der Waals surface area contributed by atoms with Crippen LogP contribution in [0.1, 0.15) is 43.2 Å². The highest BCUT2D eigenvalue weighted by Crippen LogP contribution is 2.35. The maximum absolute atomic E-state index is 12.5. The van der Waals surface area contributed by atoms with E-state index >= 15 is 0 Å². The van der Waals surface area contributed by atoms with E-state index in [1.807, 2.05) is 4.57 Å². The van der Waals surface area contributed by atoms with E-state index in [4.69, 9.17) is 4.74 Å². The van der Waals surface area contributed by atoms with Crippen LogP contribution in [0.5, 0.6) is 0 Å². The molecule has 0 spiro atoms. The highest BCUT2D eigenvalue weighted by atomic mass is 19.4. The minimum absolute atomic E-state index is 0.196. The van der Waals surface area contributed by atoms with E-state index in [0.29, 0.717) is 29.5 Å². The average Bonchev–Trinajstić information content (AvgIpc) is 3.18.